The number of hydrazine groups is 1. The fraction of sp³-hybridized carbons (Fsp3) is 0.538. The van der Waals surface area contributed by atoms with Crippen molar-refractivity contribution in [2.75, 3.05) is 0 Å². The highest BCUT2D eigenvalue weighted by Crippen LogP contribution is 2.26. The van der Waals surface area contributed by atoms with E-state index in [0.717, 1.165) is 24.3 Å². The first-order valence-corrected chi connectivity index (χ1v) is 6.70. The summed E-state index contributed by atoms with van der Waals surface area (Å²) in [6.45, 7) is 4.45. The number of hydrogen-bond acceptors (Lipinski definition) is 2. The van der Waals surface area contributed by atoms with Gasteiger partial charge in [-0.05, 0) is 36.1 Å². The molecule has 4 heteroatoms. The van der Waals surface area contributed by atoms with Crippen LogP contribution in [0.1, 0.15) is 44.7 Å². The van der Waals surface area contributed by atoms with Gasteiger partial charge in [-0.1, -0.05) is 49.9 Å². The predicted octanol–water partition coefficient (Wildman–Crippen LogP) is 4.32. The first-order chi connectivity index (χ1) is 8.02. The lowest BCUT2D eigenvalue weighted by Gasteiger charge is -2.17. The Labute approximate surface area is 113 Å². The third-order valence-electron chi connectivity index (χ3n) is 2.76. The van der Waals surface area contributed by atoms with Crippen LogP contribution in [0.15, 0.2) is 18.2 Å². The predicted molar refractivity (Wildman–Crippen MR) is 75.2 cm³/mol. The van der Waals surface area contributed by atoms with Gasteiger partial charge in [0, 0.05) is 16.1 Å². The molecule has 0 aliphatic carbocycles. The Morgan fingerprint density at radius 1 is 1.12 bits per heavy atom. The van der Waals surface area contributed by atoms with Gasteiger partial charge in [0.1, 0.15) is 0 Å². The van der Waals surface area contributed by atoms with Crippen LogP contribution >= 0.6 is 23.2 Å². The van der Waals surface area contributed by atoms with Crippen molar-refractivity contribution < 1.29 is 0 Å². The molecule has 0 amide bonds. The van der Waals surface area contributed by atoms with E-state index >= 15 is 0 Å². The first kappa shape index (κ1) is 14.8. The van der Waals surface area contributed by atoms with Crippen molar-refractivity contribution in [3.05, 3.63) is 33.8 Å². The van der Waals surface area contributed by atoms with Crippen LogP contribution in [0.4, 0.5) is 0 Å². The van der Waals surface area contributed by atoms with Crippen LogP contribution in [0.5, 0.6) is 0 Å². The summed E-state index contributed by atoms with van der Waals surface area (Å²) in [5, 5.41) is 1.30. The van der Waals surface area contributed by atoms with Crippen LogP contribution in [0.3, 0.4) is 0 Å². The largest absolute Gasteiger partial charge is 0.271 e. The standard InChI is InChI=1S/C13H20Cl2N2/c1-9(2)4-3-5-13(17-16)10-6-11(14)8-12(15)7-10/h6-9,13,17H,3-5,16H2,1-2H3. The second kappa shape index (κ2) is 7.22. The SMILES string of the molecule is CC(C)CCCC(NN)c1cc(Cl)cc(Cl)c1. The molecule has 0 saturated carbocycles. The summed E-state index contributed by atoms with van der Waals surface area (Å²) in [6.07, 6.45) is 3.33. The Morgan fingerprint density at radius 2 is 1.71 bits per heavy atom. The maximum atomic E-state index is 5.98. The molecule has 1 aromatic rings. The lowest BCUT2D eigenvalue weighted by molar-refractivity contribution is 0.455. The molecule has 0 bridgehead atoms. The van der Waals surface area contributed by atoms with E-state index in [1.807, 2.05) is 12.1 Å². The van der Waals surface area contributed by atoms with E-state index in [1.54, 1.807) is 6.07 Å². The smallest absolute Gasteiger partial charge is 0.0461 e. The summed E-state index contributed by atoms with van der Waals surface area (Å²) in [7, 11) is 0. The Morgan fingerprint density at radius 3 is 2.18 bits per heavy atom. The number of rotatable bonds is 6. The second-order valence-electron chi connectivity index (χ2n) is 4.75. The van der Waals surface area contributed by atoms with Gasteiger partial charge in [-0.3, -0.25) is 11.3 Å². The van der Waals surface area contributed by atoms with Gasteiger partial charge in [-0.25, -0.2) is 0 Å². The summed E-state index contributed by atoms with van der Waals surface area (Å²) in [4.78, 5) is 0. The highest BCUT2D eigenvalue weighted by molar-refractivity contribution is 6.34. The van der Waals surface area contributed by atoms with Crippen LogP contribution in [0.25, 0.3) is 0 Å². The van der Waals surface area contributed by atoms with Crippen LogP contribution < -0.4 is 11.3 Å². The van der Waals surface area contributed by atoms with Crippen LogP contribution in [0, 0.1) is 5.92 Å². The average molecular weight is 275 g/mol. The Hall–Kier alpha value is -0.280. The highest BCUT2D eigenvalue weighted by Gasteiger charge is 2.11. The van der Waals surface area contributed by atoms with Crippen molar-refractivity contribution in [2.45, 2.75) is 39.2 Å². The van der Waals surface area contributed by atoms with Crippen molar-refractivity contribution in [1.82, 2.24) is 5.43 Å². The Balaban J connectivity index is 2.65. The van der Waals surface area contributed by atoms with Gasteiger partial charge in [0.15, 0.2) is 0 Å². The first-order valence-electron chi connectivity index (χ1n) is 5.95. The molecule has 0 spiro atoms. The molecule has 1 unspecified atom stereocenters. The molecule has 3 N–H and O–H groups in total. The van der Waals surface area contributed by atoms with Gasteiger partial charge in [0.25, 0.3) is 0 Å². The number of benzene rings is 1. The minimum atomic E-state index is 0.116. The Bertz CT molecular complexity index is 333. The third-order valence-corrected chi connectivity index (χ3v) is 3.20. The second-order valence-corrected chi connectivity index (χ2v) is 5.62. The van der Waals surface area contributed by atoms with Gasteiger partial charge in [0.2, 0.25) is 0 Å². The molecule has 0 aliphatic rings. The van der Waals surface area contributed by atoms with E-state index in [2.05, 4.69) is 19.3 Å². The normalized spacial score (nSPS) is 13.1. The molecule has 0 aromatic heterocycles. The quantitative estimate of drug-likeness (QED) is 0.599. The maximum Gasteiger partial charge on any atom is 0.0461 e. The molecular formula is C13H20Cl2N2. The molecule has 0 radical (unpaired) electrons. The average Bonchev–Trinajstić information content (AvgIpc) is 2.22. The molecular weight excluding hydrogens is 255 g/mol. The summed E-state index contributed by atoms with van der Waals surface area (Å²) < 4.78 is 0. The van der Waals surface area contributed by atoms with Gasteiger partial charge in [-0.15, -0.1) is 0 Å². The van der Waals surface area contributed by atoms with E-state index in [1.165, 1.54) is 6.42 Å². The fourth-order valence-electron chi connectivity index (χ4n) is 1.85. The van der Waals surface area contributed by atoms with Gasteiger partial charge < -0.3 is 0 Å². The topological polar surface area (TPSA) is 38.0 Å². The number of nitrogens with one attached hydrogen (secondary N) is 1. The van der Waals surface area contributed by atoms with Crippen molar-refractivity contribution in [3.63, 3.8) is 0 Å². The summed E-state index contributed by atoms with van der Waals surface area (Å²) in [6, 6.07) is 5.67. The maximum absolute atomic E-state index is 5.98. The zero-order valence-corrected chi connectivity index (χ0v) is 11.9. The molecule has 17 heavy (non-hydrogen) atoms. The number of hydrogen-bond donors (Lipinski definition) is 2. The minimum absolute atomic E-state index is 0.116. The number of nitrogens with two attached hydrogens (primary N) is 1. The minimum Gasteiger partial charge on any atom is -0.271 e. The van der Waals surface area contributed by atoms with E-state index in [0.29, 0.717) is 10.0 Å². The molecule has 1 rings (SSSR count). The van der Waals surface area contributed by atoms with Gasteiger partial charge in [0.05, 0.1) is 0 Å². The van der Waals surface area contributed by atoms with Crippen LogP contribution in [-0.4, -0.2) is 0 Å². The van der Waals surface area contributed by atoms with E-state index < -0.39 is 0 Å². The zero-order valence-electron chi connectivity index (χ0n) is 10.3. The van der Waals surface area contributed by atoms with Crippen molar-refractivity contribution in [1.29, 1.82) is 0 Å². The third kappa shape index (κ3) is 5.26. The molecule has 0 saturated heterocycles. The lowest BCUT2D eigenvalue weighted by atomic mass is 9.98. The molecule has 0 heterocycles. The molecule has 0 aliphatic heterocycles. The molecule has 96 valence electrons. The molecule has 0 fully saturated rings. The fourth-order valence-corrected chi connectivity index (χ4v) is 2.40. The van der Waals surface area contributed by atoms with E-state index in [9.17, 15) is 0 Å². The van der Waals surface area contributed by atoms with Crippen molar-refractivity contribution in [2.24, 2.45) is 11.8 Å². The van der Waals surface area contributed by atoms with E-state index in [-0.39, 0.29) is 6.04 Å². The summed E-state index contributed by atoms with van der Waals surface area (Å²) in [5.74, 6) is 6.30. The summed E-state index contributed by atoms with van der Waals surface area (Å²) >= 11 is 12.0. The van der Waals surface area contributed by atoms with Crippen molar-refractivity contribution >= 4 is 23.2 Å². The van der Waals surface area contributed by atoms with Gasteiger partial charge >= 0.3 is 0 Å². The van der Waals surface area contributed by atoms with Crippen LogP contribution in [0.2, 0.25) is 10.0 Å². The highest BCUT2D eigenvalue weighted by atomic mass is 35.5. The summed E-state index contributed by atoms with van der Waals surface area (Å²) in [5.41, 5.74) is 3.88. The zero-order chi connectivity index (χ0) is 12.8. The molecule has 2 nitrogen and oxygen atoms in total. The van der Waals surface area contributed by atoms with Gasteiger partial charge in [-0.2, -0.15) is 0 Å². The molecule has 1 atom stereocenters. The lowest BCUT2D eigenvalue weighted by Crippen LogP contribution is -2.28. The molecule has 1 aromatic carbocycles. The number of halogens is 2. The van der Waals surface area contributed by atoms with Crippen LogP contribution in [-0.2, 0) is 0 Å². The van der Waals surface area contributed by atoms with E-state index in [4.69, 9.17) is 29.0 Å². The Kier molecular flexibility index (Phi) is 6.28. The van der Waals surface area contributed by atoms with Crippen molar-refractivity contribution in [3.8, 4) is 0 Å². The monoisotopic (exact) mass is 274 g/mol.